The molecule has 0 fully saturated rings. The van der Waals surface area contributed by atoms with Gasteiger partial charge in [-0.2, -0.15) is 0 Å². The zero-order chi connectivity index (χ0) is 15.4. The summed E-state index contributed by atoms with van der Waals surface area (Å²) in [5, 5.41) is 2.86. The first-order valence-corrected chi connectivity index (χ1v) is 6.83. The minimum atomic E-state index is -0.235. The summed E-state index contributed by atoms with van der Waals surface area (Å²) in [4.78, 5) is 22.4. The first kappa shape index (κ1) is 15.0. The van der Waals surface area contributed by atoms with E-state index in [1.807, 2.05) is 45.0 Å². The van der Waals surface area contributed by atoms with E-state index in [9.17, 15) is 4.79 Å². The maximum absolute atomic E-state index is 12.2. The van der Waals surface area contributed by atoms with Crippen LogP contribution in [0.15, 0.2) is 29.1 Å². The van der Waals surface area contributed by atoms with Gasteiger partial charge in [-0.05, 0) is 6.07 Å². The fourth-order valence-electron chi connectivity index (χ4n) is 2.07. The number of carbonyl (C=O) groups excluding carboxylic acids is 1. The number of nitrogens with zero attached hydrogens (tertiary/aromatic N) is 3. The molecule has 2 rings (SSSR count). The van der Waals surface area contributed by atoms with Gasteiger partial charge in [-0.1, -0.05) is 19.9 Å². The molecule has 0 atom stereocenters. The summed E-state index contributed by atoms with van der Waals surface area (Å²) in [6, 6.07) is 3.79. The van der Waals surface area contributed by atoms with Crippen LogP contribution in [0.4, 0.5) is 5.82 Å². The van der Waals surface area contributed by atoms with E-state index in [1.54, 1.807) is 6.20 Å². The van der Waals surface area contributed by atoms with Crippen molar-refractivity contribution in [3.05, 3.63) is 41.7 Å². The molecule has 2 aromatic heterocycles. The Morgan fingerprint density at radius 1 is 1.38 bits per heavy atom. The van der Waals surface area contributed by atoms with Gasteiger partial charge in [-0.25, -0.2) is 9.97 Å². The summed E-state index contributed by atoms with van der Waals surface area (Å²) in [5.41, 5.74) is 1.30. The molecule has 0 aliphatic heterocycles. The van der Waals surface area contributed by atoms with Crippen LogP contribution in [0.2, 0.25) is 0 Å². The van der Waals surface area contributed by atoms with Gasteiger partial charge in [0.1, 0.15) is 11.6 Å². The number of rotatable bonds is 5. The van der Waals surface area contributed by atoms with Crippen molar-refractivity contribution in [3.63, 3.8) is 0 Å². The van der Waals surface area contributed by atoms with Gasteiger partial charge >= 0.3 is 0 Å². The third-order valence-electron chi connectivity index (χ3n) is 3.06. The van der Waals surface area contributed by atoms with Gasteiger partial charge in [0.2, 0.25) is 0 Å². The fraction of sp³-hybridized carbons (Fsp3) is 0.400. The van der Waals surface area contributed by atoms with Crippen molar-refractivity contribution in [2.24, 2.45) is 0 Å². The number of hydrogen-bond acceptors (Lipinski definition) is 5. The molecule has 0 spiro atoms. The highest BCUT2D eigenvalue weighted by Crippen LogP contribution is 2.19. The van der Waals surface area contributed by atoms with Crippen molar-refractivity contribution < 1.29 is 9.21 Å². The molecule has 0 saturated carbocycles. The molecular formula is C15H20N4O2. The van der Waals surface area contributed by atoms with Crippen molar-refractivity contribution in [2.45, 2.75) is 26.3 Å². The molecule has 1 amide bonds. The number of amides is 1. The lowest BCUT2D eigenvalue weighted by Crippen LogP contribution is -2.25. The van der Waals surface area contributed by atoms with Gasteiger partial charge in [0.25, 0.3) is 5.91 Å². The first-order chi connectivity index (χ1) is 10.0. The van der Waals surface area contributed by atoms with E-state index in [0.717, 1.165) is 11.4 Å². The van der Waals surface area contributed by atoms with E-state index < -0.39 is 0 Å². The van der Waals surface area contributed by atoms with Gasteiger partial charge in [0.05, 0.1) is 0 Å². The third-order valence-corrected chi connectivity index (χ3v) is 3.06. The molecule has 0 saturated heterocycles. The highest BCUT2D eigenvalue weighted by molar-refractivity contribution is 5.93. The Morgan fingerprint density at radius 3 is 2.81 bits per heavy atom. The van der Waals surface area contributed by atoms with Gasteiger partial charge < -0.3 is 14.6 Å². The predicted molar refractivity (Wildman–Crippen MR) is 80.3 cm³/mol. The number of nitrogens with one attached hydrogen (secondary N) is 1. The highest BCUT2D eigenvalue weighted by atomic mass is 16.3. The van der Waals surface area contributed by atoms with Crippen LogP contribution in [-0.2, 0) is 6.54 Å². The van der Waals surface area contributed by atoms with Gasteiger partial charge in [-0.15, -0.1) is 0 Å². The van der Waals surface area contributed by atoms with Crippen molar-refractivity contribution in [2.75, 3.05) is 19.0 Å². The average Bonchev–Trinajstić information content (AvgIpc) is 2.94. The third kappa shape index (κ3) is 3.39. The lowest BCUT2D eigenvalue weighted by Gasteiger charge is -2.16. The van der Waals surface area contributed by atoms with E-state index >= 15 is 0 Å². The molecule has 21 heavy (non-hydrogen) atoms. The van der Waals surface area contributed by atoms with Crippen LogP contribution in [0.3, 0.4) is 0 Å². The van der Waals surface area contributed by atoms with Crippen molar-refractivity contribution in [1.82, 2.24) is 15.3 Å². The van der Waals surface area contributed by atoms with Crippen molar-refractivity contribution >= 4 is 11.7 Å². The summed E-state index contributed by atoms with van der Waals surface area (Å²) in [7, 11) is 3.84. The molecule has 0 unspecified atom stereocenters. The second kappa shape index (κ2) is 6.39. The van der Waals surface area contributed by atoms with Crippen LogP contribution in [0.25, 0.3) is 0 Å². The summed E-state index contributed by atoms with van der Waals surface area (Å²) >= 11 is 0. The van der Waals surface area contributed by atoms with Crippen LogP contribution < -0.4 is 10.2 Å². The Morgan fingerprint density at radius 2 is 2.14 bits per heavy atom. The Labute approximate surface area is 124 Å². The zero-order valence-electron chi connectivity index (χ0n) is 12.8. The molecule has 1 N–H and O–H groups in total. The normalized spacial score (nSPS) is 10.7. The first-order valence-electron chi connectivity index (χ1n) is 6.83. The van der Waals surface area contributed by atoms with Crippen molar-refractivity contribution in [3.8, 4) is 0 Å². The summed E-state index contributed by atoms with van der Waals surface area (Å²) in [6.45, 7) is 4.32. The molecule has 2 heterocycles. The van der Waals surface area contributed by atoms with E-state index in [2.05, 4.69) is 15.3 Å². The fourth-order valence-corrected chi connectivity index (χ4v) is 2.07. The number of pyridine rings is 1. The molecule has 0 radical (unpaired) electrons. The number of oxazole rings is 1. The second-order valence-corrected chi connectivity index (χ2v) is 5.28. The average molecular weight is 288 g/mol. The van der Waals surface area contributed by atoms with E-state index in [-0.39, 0.29) is 11.8 Å². The van der Waals surface area contributed by atoms with Crippen LogP contribution in [0.5, 0.6) is 0 Å². The van der Waals surface area contributed by atoms with Crippen LogP contribution in [0.1, 0.15) is 41.6 Å². The molecule has 0 aromatic carbocycles. The molecule has 6 heteroatoms. The largest absolute Gasteiger partial charge is 0.447 e. The standard InChI is InChI=1S/C15H20N4O2/c1-10(2)13-12(18-9-21-13)15(20)17-8-11-6-5-7-16-14(11)19(3)4/h5-7,9-10H,8H2,1-4H3,(H,17,20). The molecule has 6 nitrogen and oxygen atoms in total. The van der Waals surface area contributed by atoms with Gasteiger partial charge in [0, 0.05) is 38.3 Å². The number of hydrogen-bond donors (Lipinski definition) is 1. The lowest BCUT2D eigenvalue weighted by molar-refractivity contribution is 0.0944. The maximum atomic E-state index is 12.2. The monoisotopic (exact) mass is 288 g/mol. The predicted octanol–water partition coefficient (Wildman–Crippen LogP) is 2.19. The van der Waals surface area contributed by atoms with Crippen LogP contribution >= 0.6 is 0 Å². The van der Waals surface area contributed by atoms with Gasteiger partial charge in [0.15, 0.2) is 12.1 Å². The molecule has 112 valence electrons. The summed E-state index contributed by atoms with van der Waals surface area (Å²) in [6.07, 6.45) is 3.04. The Balaban J connectivity index is 2.10. The highest BCUT2D eigenvalue weighted by Gasteiger charge is 2.19. The van der Waals surface area contributed by atoms with E-state index in [1.165, 1.54) is 6.39 Å². The summed E-state index contributed by atoms with van der Waals surface area (Å²) < 4.78 is 5.27. The molecule has 0 aliphatic carbocycles. The Hall–Kier alpha value is -2.37. The lowest BCUT2D eigenvalue weighted by atomic mass is 10.1. The van der Waals surface area contributed by atoms with E-state index in [4.69, 9.17) is 4.42 Å². The quantitative estimate of drug-likeness (QED) is 0.913. The van der Waals surface area contributed by atoms with Crippen LogP contribution in [0, 0.1) is 0 Å². The summed E-state index contributed by atoms with van der Waals surface area (Å²) in [5.74, 6) is 1.32. The topological polar surface area (TPSA) is 71.3 Å². The number of aromatic nitrogens is 2. The molecule has 0 bridgehead atoms. The Bertz CT molecular complexity index is 620. The minimum Gasteiger partial charge on any atom is -0.447 e. The maximum Gasteiger partial charge on any atom is 0.273 e. The number of anilines is 1. The molecule has 0 aliphatic rings. The van der Waals surface area contributed by atoms with Crippen LogP contribution in [-0.4, -0.2) is 30.0 Å². The van der Waals surface area contributed by atoms with Crippen molar-refractivity contribution in [1.29, 1.82) is 0 Å². The van der Waals surface area contributed by atoms with E-state index in [0.29, 0.717) is 18.0 Å². The number of carbonyl (C=O) groups is 1. The molecular weight excluding hydrogens is 268 g/mol. The second-order valence-electron chi connectivity index (χ2n) is 5.28. The SMILES string of the molecule is CC(C)c1ocnc1C(=O)NCc1cccnc1N(C)C. The molecule has 2 aromatic rings. The smallest absolute Gasteiger partial charge is 0.273 e. The minimum absolute atomic E-state index is 0.115. The Kier molecular flexibility index (Phi) is 4.57. The van der Waals surface area contributed by atoms with Gasteiger partial charge in [-0.3, -0.25) is 4.79 Å². The zero-order valence-corrected chi connectivity index (χ0v) is 12.8.